The molecule has 0 spiro atoms. The third-order valence-corrected chi connectivity index (χ3v) is 5.13. The van der Waals surface area contributed by atoms with E-state index in [2.05, 4.69) is 31.8 Å². The summed E-state index contributed by atoms with van der Waals surface area (Å²) >= 11 is 3.41. The van der Waals surface area contributed by atoms with Crippen LogP contribution in [0.25, 0.3) is 0 Å². The molecular weight excluding hydrogens is 470 g/mol. The third-order valence-electron chi connectivity index (χ3n) is 4.60. The van der Waals surface area contributed by atoms with Crippen molar-refractivity contribution in [1.82, 2.24) is 5.43 Å². The van der Waals surface area contributed by atoms with Crippen LogP contribution in [0.1, 0.15) is 28.7 Å². The molecule has 0 radical (unpaired) electrons. The van der Waals surface area contributed by atoms with Crippen LogP contribution >= 0.6 is 15.9 Å². The van der Waals surface area contributed by atoms with E-state index in [4.69, 9.17) is 4.74 Å². The predicted molar refractivity (Wildman–Crippen MR) is 130 cm³/mol. The Bertz CT molecular complexity index is 1130. The van der Waals surface area contributed by atoms with Crippen molar-refractivity contribution in [2.75, 3.05) is 5.32 Å². The zero-order chi connectivity index (χ0) is 22.9. The van der Waals surface area contributed by atoms with Crippen LogP contribution in [0.5, 0.6) is 5.75 Å². The summed E-state index contributed by atoms with van der Waals surface area (Å²) < 4.78 is 6.89. The number of amides is 2. The first kappa shape index (κ1) is 23.2. The lowest BCUT2D eigenvalue weighted by molar-refractivity contribution is -0.126. The summed E-state index contributed by atoms with van der Waals surface area (Å²) in [6, 6.07) is 20.9. The topological polar surface area (TPSA) is 79.8 Å². The van der Waals surface area contributed by atoms with Crippen molar-refractivity contribution in [1.29, 1.82) is 0 Å². The summed E-state index contributed by atoms with van der Waals surface area (Å²) in [5.41, 5.74) is 6.87. The molecule has 0 aromatic heterocycles. The second-order valence-electron chi connectivity index (χ2n) is 7.29. The van der Waals surface area contributed by atoms with Gasteiger partial charge in [0.05, 0.1) is 6.21 Å². The van der Waals surface area contributed by atoms with Gasteiger partial charge < -0.3 is 10.1 Å². The standard InChI is InChI=1S/C25H24BrN3O3/c1-17-7-12-22(18(2)13-17)28-24(30)14-25(31)29-27-15-20-5-3-4-6-23(20)32-16-19-8-10-21(26)11-9-19/h3-13,15H,14,16H2,1-2H3,(H,28,30)(H,29,31). The molecule has 2 amide bonds. The predicted octanol–water partition coefficient (Wildman–Crippen LogP) is 5.12. The number of halogens is 1. The lowest BCUT2D eigenvalue weighted by atomic mass is 10.1. The van der Waals surface area contributed by atoms with Crippen molar-refractivity contribution >= 4 is 39.6 Å². The van der Waals surface area contributed by atoms with Gasteiger partial charge >= 0.3 is 0 Å². The molecule has 0 fully saturated rings. The average Bonchev–Trinajstić information content (AvgIpc) is 2.76. The second-order valence-corrected chi connectivity index (χ2v) is 8.21. The van der Waals surface area contributed by atoms with Crippen LogP contribution in [0.3, 0.4) is 0 Å². The normalized spacial score (nSPS) is 10.7. The number of anilines is 1. The van der Waals surface area contributed by atoms with Crippen LogP contribution in [0.15, 0.2) is 76.3 Å². The van der Waals surface area contributed by atoms with Gasteiger partial charge in [0.15, 0.2) is 0 Å². The summed E-state index contributed by atoms with van der Waals surface area (Å²) in [5.74, 6) is -0.263. The van der Waals surface area contributed by atoms with Crippen LogP contribution in [0.2, 0.25) is 0 Å². The van der Waals surface area contributed by atoms with E-state index in [0.717, 1.165) is 21.2 Å². The van der Waals surface area contributed by atoms with Crippen LogP contribution in [0.4, 0.5) is 5.69 Å². The zero-order valence-electron chi connectivity index (χ0n) is 17.9. The molecule has 0 aliphatic heterocycles. The first-order valence-corrected chi connectivity index (χ1v) is 10.9. The lowest BCUT2D eigenvalue weighted by Gasteiger charge is -2.09. The molecule has 2 N–H and O–H groups in total. The monoisotopic (exact) mass is 493 g/mol. The molecular formula is C25H24BrN3O3. The molecule has 0 aliphatic carbocycles. The number of aryl methyl sites for hydroxylation is 2. The Morgan fingerprint density at radius 1 is 1.00 bits per heavy atom. The van der Waals surface area contributed by atoms with Gasteiger partial charge in [-0.05, 0) is 55.3 Å². The maximum atomic E-state index is 12.1. The van der Waals surface area contributed by atoms with E-state index in [1.807, 2.05) is 80.6 Å². The van der Waals surface area contributed by atoms with E-state index in [0.29, 0.717) is 23.6 Å². The minimum atomic E-state index is -0.503. The summed E-state index contributed by atoms with van der Waals surface area (Å²) in [6.07, 6.45) is 1.17. The number of carbonyl (C=O) groups is 2. The maximum absolute atomic E-state index is 12.1. The molecule has 3 aromatic rings. The van der Waals surface area contributed by atoms with E-state index in [9.17, 15) is 9.59 Å². The van der Waals surface area contributed by atoms with E-state index in [1.165, 1.54) is 6.21 Å². The number of nitrogens with zero attached hydrogens (tertiary/aromatic N) is 1. The summed E-state index contributed by atoms with van der Waals surface area (Å²) in [6.45, 7) is 4.29. The summed E-state index contributed by atoms with van der Waals surface area (Å²) in [4.78, 5) is 24.2. The summed E-state index contributed by atoms with van der Waals surface area (Å²) in [7, 11) is 0. The molecule has 0 atom stereocenters. The van der Waals surface area contributed by atoms with Gasteiger partial charge in [-0.15, -0.1) is 0 Å². The van der Waals surface area contributed by atoms with Crippen molar-refractivity contribution < 1.29 is 14.3 Å². The van der Waals surface area contributed by atoms with Crippen LogP contribution in [-0.4, -0.2) is 18.0 Å². The first-order valence-electron chi connectivity index (χ1n) is 10.1. The lowest BCUT2D eigenvalue weighted by Crippen LogP contribution is -2.24. The van der Waals surface area contributed by atoms with Crippen molar-refractivity contribution in [3.05, 3.63) is 93.5 Å². The molecule has 164 valence electrons. The number of benzene rings is 3. The zero-order valence-corrected chi connectivity index (χ0v) is 19.5. The Balaban J connectivity index is 1.52. The molecule has 0 saturated carbocycles. The molecule has 3 rings (SSSR count). The number of hydrazone groups is 1. The Morgan fingerprint density at radius 3 is 2.50 bits per heavy atom. The number of ether oxygens (including phenoxy) is 1. The van der Waals surface area contributed by atoms with Crippen molar-refractivity contribution in [3.63, 3.8) is 0 Å². The van der Waals surface area contributed by atoms with E-state index in [1.54, 1.807) is 0 Å². The van der Waals surface area contributed by atoms with Gasteiger partial charge in [0.2, 0.25) is 11.8 Å². The highest BCUT2D eigenvalue weighted by molar-refractivity contribution is 9.10. The Labute approximate surface area is 195 Å². The summed E-state index contributed by atoms with van der Waals surface area (Å²) in [5, 5.41) is 6.71. The minimum Gasteiger partial charge on any atom is -0.488 e. The van der Waals surface area contributed by atoms with E-state index in [-0.39, 0.29) is 6.42 Å². The van der Waals surface area contributed by atoms with Gasteiger partial charge in [0.25, 0.3) is 0 Å². The van der Waals surface area contributed by atoms with Crippen molar-refractivity contribution in [2.45, 2.75) is 26.9 Å². The molecule has 0 heterocycles. The highest BCUT2D eigenvalue weighted by Crippen LogP contribution is 2.19. The van der Waals surface area contributed by atoms with Crippen LogP contribution in [-0.2, 0) is 16.2 Å². The van der Waals surface area contributed by atoms with Gasteiger partial charge in [-0.3, -0.25) is 9.59 Å². The molecule has 32 heavy (non-hydrogen) atoms. The molecule has 7 heteroatoms. The fourth-order valence-electron chi connectivity index (χ4n) is 2.97. The van der Waals surface area contributed by atoms with Gasteiger partial charge in [0.1, 0.15) is 18.8 Å². The van der Waals surface area contributed by atoms with Crippen molar-refractivity contribution in [3.8, 4) is 5.75 Å². The number of hydrogen-bond acceptors (Lipinski definition) is 4. The largest absolute Gasteiger partial charge is 0.488 e. The number of nitrogens with one attached hydrogen (secondary N) is 2. The van der Waals surface area contributed by atoms with Gasteiger partial charge in [-0.1, -0.05) is 57.9 Å². The minimum absolute atomic E-state index is 0.327. The maximum Gasteiger partial charge on any atom is 0.249 e. The second kappa shape index (κ2) is 11.2. The molecule has 0 aliphatic rings. The number of rotatable bonds is 8. The highest BCUT2D eigenvalue weighted by Gasteiger charge is 2.10. The van der Waals surface area contributed by atoms with E-state index >= 15 is 0 Å². The van der Waals surface area contributed by atoms with Gasteiger partial charge in [0, 0.05) is 15.7 Å². The fourth-order valence-corrected chi connectivity index (χ4v) is 3.23. The first-order chi connectivity index (χ1) is 15.4. The number of carbonyl (C=O) groups excluding carboxylic acids is 2. The molecule has 0 unspecified atom stereocenters. The SMILES string of the molecule is Cc1ccc(NC(=O)CC(=O)NN=Cc2ccccc2OCc2ccc(Br)cc2)c(C)c1. The highest BCUT2D eigenvalue weighted by atomic mass is 79.9. The smallest absolute Gasteiger partial charge is 0.249 e. The van der Waals surface area contributed by atoms with E-state index < -0.39 is 11.8 Å². The van der Waals surface area contributed by atoms with Crippen LogP contribution < -0.4 is 15.5 Å². The average molecular weight is 494 g/mol. The quantitative estimate of drug-likeness (QED) is 0.259. The van der Waals surface area contributed by atoms with Gasteiger partial charge in [-0.25, -0.2) is 5.43 Å². The fraction of sp³-hybridized carbons (Fsp3) is 0.160. The Hall–Kier alpha value is -3.45. The Morgan fingerprint density at radius 2 is 1.75 bits per heavy atom. The number of para-hydroxylation sites is 1. The molecule has 6 nitrogen and oxygen atoms in total. The molecule has 0 bridgehead atoms. The molecule has 0 saturated heterocycles. The van der Waals surface area contributed by atoms with Crippen molar-refractivity contribution in [2.24, 2.45) is 5.10 Å². The van der Waals surface area contributed by atoms with Gasteiger partial charge in [-0.2, -0.15) is 5.10 Å². The van der Waals surface area contributed by atoms with Crippen LogP contribution in [0, 0.1) is 13.8 Å². The third kappa shape index (κ3) is 7.06. The molecule has 3 aromatic carbocycles. The Kier molecular flexibility index (Phi) is 8.16. The number of hydrogen-bond donors (Lipinski definition) is 2.